The van der Waals surface area contributed by atoms with Crippen molar-refractivity contribution in [3.8, 4) is 5.75 Å². The summed E-state index contributed by atoms with van der Waals surface area (Å²) in [7, 11) is 0. The zero-order chi connectivity index (χ0) is 13.7. The number of nitrogens with zero attached hydrogens (tertiary/aromatic N) is 1. The van der Waals surface area contributed by atoms with E-state index >= 15 is 0 Å². The summed E-state index contributed by atoms with van der Waals surface area (Å²) in [5.41, 5.74) is 3.28. The van der Waals surface area contributed by atoms with Crippen LogP contribution in [0.2, 0.25) is 5.02 Å². The fourth-order valence-corrected chi connectivity index (χ4v) is 1.68. The third-order valence-electron chi connectivity index (χ3n) is 2.38. The van der Waals surface area contributed by atoms with Crippen molar-refractivity contribution in [2.24, 2.45) is 5.10 Å². The second-order valence-corrected chi connectivity index (χ2v) is 4.21. The first-order valence-electron chi connectivity index (χ1n) is 5.54. The summed E-state index contributed by atoms with van der Waals surface area (Å²) in [4.78, 5) is 11.7. The Morgan fingerprint density at radius 2 is 2.00 bits per heavy atom. The number of aromatic hydroxyl groups is 1. The van der Waals surface area contributed by atoms with Gasteiger partial charge in [-0.15, -0.1) is 0 Å². The van der Waals surface area contributed by atoms with E-state index in [9.17, 15) is 9.90 Å². The molecule has 0 aromatic heterocycles. The minimum Gasteiger partial charge on any atom is -0.507 e. The second kappa shape index (κ2) is 6.02. The molecule has 0 unspecified atom stereocenters. The van der Waals surface area contributed by atoms with Crippen molar-refractivity contribution in [3.63, 3.8) is 0 Å². The van der Waals surface area contributed by atoms with Crippen LogP contribution >= 0.6 is 11.6 Å². The first-order valence-corrected chi connectivity index (χ1v) is 5.91. The molecule has 0 atom stereocenters. The number of hydrogen-bond donors (Lipinski definition) is 2. The number of phenolic OH excluding ortho intramolecular Hbond substituents is 1. The van der Waals surface area contributed by atoms with Crippen LogP contribution in [0.1, 0.15) is 15.9 Å². The predicted molar refractivity (Wildman–Crippen MR) is 74.6 cm³/mol. The van der Waals surface area contributed by atoms with Crippen molar-refractivity contribution in [1.82, 2.24) is 5.43 Å². The van der Waals surface area contributed by atoms with Crippen LogP contribution in [0.3, 0.4) is 0 Å². The lowest BCUT2D eigenvalue weighted by atomic mass is 10.2. The number of halogens is 1. The lowest BCUT2D eigenvalue weighted by molar-refractivity contribution is 0.0952. The molecule has 0 aliphatic rings. The highest BCUT2D eigenvalue weighted by molar-refractivity contribution is 6.30. The Morgan fingerprint density at radius 1 is 1.21 bits per heavy atom. The number of hydrazone groups is 1. The predicted octanol–water partition coefficient (Wildman–Crippen LogP) is 2.81. The molecule has 0 spiro atoms. The molecule has 19 heavy (non-hydrogen) atoms. The molecular formula is C14H11ClN2O2. The number of nitrogens with one attached hydrogen (secondary N) is 1. The summed E-state index contributed by atoms with van der Waals surface area (Å²) in [6.07, 6.45) is 1.48. The van der Waals surface area contributed by atoms with Crippen molar-refractivity contribution >= 4 is 23.7 Å². The van der Waals surface area contributed by atoms with Gasteiger partial charge in [-0.05, 0) is 29.8 Å². The van der Waals surface area contributed by atoms with E-state index in [0.29, 0.717) is 5.02 Å². The van der Waals surface area contributed by atoms with Gasteiger partial charge in [-0.3, -0.25) is 4.79 Å². The Balaban J connectivity index is 2.03. The van der Waals surface area contributed by atoms with Gasteiger partial charge in [0.25, 0.3) is 5.91 Å². The number of rotatable bonds is 3. The summed E-state index contributed by atoms with van der Waals surface area (Å²) in [6.45, 7) is 0. The fraction of sp³-hybridized carbons (Fsp3) is 0. The quantitative estimate of drug-likeness (QED) is 0.668. The van der Waals surface area contributed by atoms with Gasteiger partial charge in [-0.2, -0.15) is 5.10 Å². The topological polar surface area (TPSA) is 61.7 Å². The van der Waals surface area contributed by atoms with Gasteiger partial charge in [-0.1, -0.05) is 35.9 Å². The smallest absolute Gasteiger partial charge is 0.275 e. The van der Waals surface area contributed by atoms with E-state index in [4.69, 9.17) is 11.6 Å². The van der Waals surface area contributed by atoms with Crippen molar-refractivity contribution < 1.29 is 9.90 Å². The van der Waals surface area contributed by atoms with E-state index in [1.165, 1.54) is 18.3 Å². The second-order valence-electron chi connectivity index (χ2n) is 3.77. The molecule has 0 radical (unpaired) electrons. The maximum absolute atomic E-state index is 11.7. The standard InChI is InChI=1S/C14H11ClN2O2/c15-11-5-3-4-10(8-11)9-16-17-14(19)12-6-1-2-7-13(12)18/h1-9,18H,(H,17,19). The van der Waals surface area contributed by atoms with Gasteiger partial charge in [0, 0.05) is 5.02 Å². The van der Waals surface area contributed by atoms with Gasteiger partial charge >= 0.3 is 0 Å². The van der Waals surface area contributed by atoms with E-state index < -0.39 is 5.91 Å². The number of benzene rings is 2. The average molecular weight is 275 g/mol. The monoisotopic (exact) mass is 274 g/mol. The van der Waals surface area contributed by atoms with E-state index in [1.807, 2.05) is 6.07 Å². The van der Waals surface area contributed by atoms with Gasteiger partial charge in [-0.25, -0.2) is 5.43 Å². The molecule has 2 rings (SSSR count). The summed E-state index contributed by atoms with van der Waals surface area (Å²) in [5, 5.41) is 13.9. The first kappa shape index (κ1) is 13.1. The molecule has 0 bridgehead atoms. The Hall–Kier alpha value is -2.33. The summed E-state index contributed by atoms with van der Waals surface area (Å²) in [6, 6.07) is 13.3. The zero-order valence-corrected chi connectivity index (χ0v) is 10.6. The van der Waals surface area contributed by atoms with Gasteiger partial charge in [0.05, 0.1) is 11.8 Å². The first-order chi connectivity index (χ1) is 9.16. The third-order valence-corrected chi connectivity index (χ3v) is 2.61. The van der Waals surface area contributed by atoms with Crippen LogP contribution in [0.5, 0.6) is 5.75 Å². The maximum atomic E-state index is 11.7. The Labute approximate surface area is 115 Å². The van der Waals surface area contributed by atoms with Crippen LogP contribution in [0.4, 0.5) is 0 Å². The Morgan fingerprint density at radius 3 is 2.74 bits per heavy atom. The molecule has 2 aromatic rings. The summed E-state index contributed by atoms with van der Waals surface area (Å²) < 4.78 is 0. The van der Waals surface area contributed by atoms with Crippen LogP contribution in [0, 0.1) is 0 Å². The Kier molecular flexibility index (Phi) is 4.15. The molecule has 0 aliphatic carbocycles. The third kappa shape index (κ3) is 3.56. The minimum absolute atomic E-state index is 0.0852. The molecule has 4 nitrogen and oxygen atoms in total. The number of para-hydroxylation sites is 1. The van der Waals surface area contributed by atoms with Gasteiger partial charge in [0.1, 0.15) is 5.75 Å². The lowest BCUT2D eigenvalue weighted by Gasteiger charge is -2.01. The molecule has 0 aliphatic heterocycles. The van der Waals surface area contributed by atoms with Gasteiger partial charge in [0.2, 0.25) is 0 Å². The normalized spacial score (nSPS) is 10.6. The molecule has 96 valence electrons. The highest BCUT2D eigenvalue weighted by Crippen LogP contribution is 2.15. The van der Waals surface area contributed by atoms with Crippen molar-refractivity contribution in [2.75, 3.05) is 0 Å². The summed E-state index contributed by atoms with van der Waals surface area (Å²) in [5.74, 6) is -0.561. The average Bonchev–Trinajstić information content (AvgIpc) is 2.39. The highest BCUT2D eigenvalue weighted by Gasteiger charge is 2.08. The molecule has 5 heteroatoms. The minimum atomic E-state index is -0.476. The number of hydrogen-bond acceptors (Lipinski definition) is 3. The van der Waals surface area contributed by atoms with Crippen molar-refractivity contribution in [3.05, 3.63) is 64.7 Å². The number of phenols is 1. The van der Waals surface area contributed by atoms with Crippen molar-refractivity contribution in [1.29, 1.82) is 0 Å². The zero-order valence-electron chi connectivity index (χ0n) is 9.88. The van der Waals surface area contributed by atoms with Crippen LogP contribution in [-0.4, -0.2) is 17.2 Å². The van der Waals surface area contributed by atoms with Crippen LogP contribution in [-0.2, 0) is 0 Å². The van der Waals surface area contributed by atoms with Crippen LogP contribution in [0.25, 0.3) is 0 Å². The molecule has 0 heterocycles. The van der Waals surface area contributed by atoms with Crippen molar-refractivity contribution in [2.45, 2.75) is 0 Å². The van der Waals surface area contributed by atoms with Crippen LogP contribution < -0.4 is 5.43 Å². The van der Waals surface area contributed by atoms with E-state index in [-0.39, 0.29) is 11.3 Å². The number of carbonyl (C=O) groups is 1. The molecule has 0 fully saturated rings. The number of amides is 1. The molecule has 0 saturated heterocycles. The lowest BCUT2D eigenvalue weighted by Crippen LogP contribution is -2.17. The molecular weight excluding hydrogens is 264 g/mol. The largest absolute Gasteiger partial charge is 0.507 e. The van der Waals surface area contributed by atoms with E-state index in [0.717, 1.165) is 5.56 Å². The molecule has 2 aromatic carbocycles. The number of carbonyl (C=O) groups excluding carboxylic acids is 1. The SMILES string of the molecule is O=C(NN=Cc1cccc(Cl)c1)c1ccccc1O. The Bertz CT molecular complexity index is 626. The molecule has 1 amide bonds. The van der Waals surface area contributed by atoms with Gasteiger partial charge in [0.15, 0.2) is 0 Å². The van der Waals surface area contributed by atoms with E-state index in [2.05, 4.69) is 10.5 Å². The highest BCUT2D eigenvalue weighted by atomic mass is 35.5. The summed E-state index contributed by atoms with van der Waals surface area (Å²) >= 11 is 5.82. The molecule has 2 N–H and O–H groups in total. The van der Waals surface area contributed by atoms with Crippen LogP contribution in [0.15, 0.2) is 53.6 Å². The van der Waals surface area contributed by atoms with E-state index in [1.54, 1.807) is 30.3 Å². The van der Waals surface area contributed by atoms with Gasteiger partial charge < -0.3 is 5.11 Å². The molecule has 0 saturated carbocycles. The maximum Gasteiger partial charge on any atom is 0.275 e. The fourth-order valence-electron chi connectivity index (χ4n) is 1.48.